The average Bonchev–Trinajstić information content (AvgIpc) is 2.65. The minimum atomic E-state index is -0.620. The van der Waals surface area contributed by atoms with Crippen LogP contribution in [0.25, 0.3) is 0 Å². The number of pyridine rings is 2. The van der Waals surface area contributed by atoms with E-state index in [0.29, 0.717) is 15.7 Å². The fourth-order valence-electron chi connectivity index (χ4n) is 1.73. The molecule has 2 aromatic rings. The lowest BCUT2D eigenvalue weighted by atomic mass is 10.3. The first-order valence-electron chi connectivity index (χ1n) is 7.00. The highest BCUT2D eigenvalue weighted by molar-refractivity contribution is 8.21. The van der Waals surface area contributed by atoms with Crippen molar-refractivity contribution in [1.82, 2.24) is 9.97 Å². The minimum Gasteiger partial charge on any atom is -0.465 e. The van der Waals surface area contributed by atoms with E-state index < -0.39 is 5.97 Å². The second-order valence-electron chi connectivity index (χ2n) is 4.57. The Morgan fingerprint density at radius 3 is 2.04 bits per heavy atom. The first kappa shape index (κ1) is 18.0. The smallest absolute Gasteiger partial charge is 0.350 e. The molecule has 2 aromatic heterocycles. The first-order chi connectivity index (χ1) is 11.7. The Labute approximate surface area is 149 Å². The molecule has 0 fully saturated rings. The van der Waals surface area contributed by atoms with E-state index in [0.717, 1.165) is 11.1 Å². The van der Waals surface area contributed by atoms with E-state index in [2.05, 4.69) is 9.97 Å². The monoisotopic (exact) mass is 357 g/mol. The van der Waals surface area contributed by atoms with Gasteiger partial charge in [0.05, 0.1) is 11.3 Å². The van der Waals surface area contributed by atoms with Crippen LogP contribution in [0.5, 0.6) is 0 Å². The molecule has 2 rings (SSSR count). The Morgan fingerprint density at radius 2 is 1.67 bits per heavy atom. The summed E-state index contributed by atoms with van der Waals surface area (Å²) in [5.74, 6) is 0.612. The zero-order valence-corrected chi connectivity index (χ0v) is 14.6. The van der Waals surface area contributed by atoms with Gasteiger partial charge >= 0.3 is 5.97 Å². The topological polar surface area (TPSA) is 75.9 Å². The molecule has 0 saturated carbocycles. The standard InChI is InChI=1S/C17H15N3O2S2/c1-22-16(21)15(8-18)17(23-11-13-4-2-6-19-9-13)24-12-14-5-3-7-20-10-14/h2-7,9-10H,11-12H2,1H3. The van der Waals surface area contributed by atoms with E-state index >= 15 is 0 Å². The zero-order chi connectivity index (χ0) is 17.2. The number of aromatic nitrogens is 2. The molecule has 0 aliphatic carbocycles. The molecule has 0 aliphatic rings. The maximum absolute atomic E-state index is 11.9. The summed E-state index contributed by atoms with van der Waals surface area (Å²) in [6.07, 6.45) is 6.94. The largest absolute Gasteiger partial charge is 0.465 e. The molecule has 24 heavy (non-hydrogen) atoms. The van der Waals surface area contributed by atoms with Gasteiger partial charge in [-0.3, -0.25) is 9.97 Å². The predicted octanol–water partition coefficient (Wildman–Crippen LogP) is 3.55. The van der Waals surface area contributed by atoms with Gasteiger partial charge in [-0.25, -0.2) is 4.79 Å². The van der Waals surface area contributed by atoms with Crippen molar-refractivity contribution in [2.24, 2.45) is 0 Å². The molecule has 0 radical (unpaired) electrons. The van der Waals surface area contributed by atoms with Gasteiger partial charge in [0, 0.05) is 36.3 Å². The highest BCUT2D eigenvalue weighted by Crippen LogP contribution is 2.36. The number of hydrogen-bond donors (Lipinski definition) is 0. The van der Waals surface area contributed by atoms with Gasteiger partial charge in [0.2, 0.25) is 0 Å². The number of carbonyl (C=O) groups excluding carboxylic acids is 1. The number of thioether (sulfide) groups is 2. The normalized spacial score (nSPS) is 9.83. The summed E-state index contributed by atoms with van der Waals surface area (Å²) < 4.78 is 5.35. The van der Waals surface area contributed by atoms with E-state index in [4.69, 9.17) is 4.74 Å². The van der Waals surface area contributed by atoms with Crippen LogP contribution < -0.4 is 0 Å². The highest BCUT2D eigenvalue weighted by atomic mass is 32.2. The van der Waals surface area contributed by atoms with Crippen LogP contribution >= 0.6 is 23.5 Å². The van der Waals surface area contributed by atoms with Crippen molar-refractivity contribution >= 4 is 29.5 Å². The lowest BCUT2D eigenvalue weighted by molar-refractivity contribution is -0.135. The third kappa shape index (κ3) is 5.41. The van der Waals surface area contributed by atoms with Crippen LogP contribution in [0.3, 0.4) is 0 Å². The van der Waals surface area contributed by atoms with Crippen LogP contribution in [0.4, 0.5) is 0 Å². The van der Waals surface area contributed by atoms with Crippen LogP contribution in [0.2, 0.25) is 0 Å². The Balaban J connectivity index is 2.16. The number of ether oxygens (including phenoxy) is 1. The summed E-state index contributed by atoms with van der Waals surface area (Å²) in [6.45, 7) is 0. The predicted molar refractivity (Wildman–Crippen MR) is 95.7 cm³/mol. The van der Waals surface area contributed by atoms with Crippen LogP contribution in [0, 0.1) is 11.3 Å². The quantitative estimate of drug-likeness (QED) is 0.426. The molecule has 0 unspecified atom stereocenters. The fourth-order valence-corrected chi connectivity index (χ4v) is 3.90. The molecule has 122 valence electrons. The Morgan fingerprint density at radius 1 is 1.12 bits per heavy atom. The Hall–Kier alpha value is -2.30. The molecule has 0 spiro atoms. The molecular weight excluding hydrogens is 342 g/mol. The van der Waals surface area contributed by atoms with Crippen molar-refractivity contribution in [3.63, 3.8) is 0 Å². The molecule has 0 aliphatic heterocycles. The van der Waals surface area contributed by atoms with Crippen LogP contribution in [0.15, 0.2) is 58.9 Å². The van der Waals surface area contributed by atoms with E-state index in [-0.39, 0.29) is 5.57 Å². The highest BCUT2D eigenvalue weighted by Gasteiger charge is 2.17. The van der Waals surface area contributed by atoms with Crippen LogP contribution in [-0.2, 0) is 21.0 Å². The molecule has 0 aromatic carbocycles. The molecule has 7 heteroatoms. The zero-order valence-electron chi connectivity index (χ0n) is 13.0. The van der Waals surface area contributed by atoms with Crippen LogP contribution in [-0.4, -0.2) is 23.0 Å². The molecular formula is C17H15N3O2S2. The molecule has 0 bridgehead atoms. The minimum absolute atomic E-state index is 0.0280. The van der Waals surface area contributed by atoms with Crippen molar-refractivity contribution in [1.29, 1.82) is 5.26 Å². The fraction of sp³-hybridized carbons (Fsp3) is 0.176. The third-order valence-electron chi connectivity index (χ3n) is 2.89. The third-order valence-corrected chi connectivity index (χ3v) is 5.49. The van der Waals surface area contributed by atoms with Gasteiger partial charge in [0.1, 0.15) is 6.07 Å². The maximum atomic E-state index is 11.9. The Bertz CT molecular complexity index is 698. The number of nitriles is 1. The first-order valence-corrected chi connectivity index (χ1v) is 8.97. The molecule has 2 heterocycles. The Kier molecular flexibility index (Phi) is 7.33. The summed E-state index contributed by atoms with van der Waals surface area (Å²) >= 11 is 2.86. The molecule has 0 amide bonds. The number of nitrogens with zero attached hydrogens (tertiary/aromatic N) is 3. The lowest BCUT2D eigenvalue weighted by Gasteiger charge is -2.09. The van der Waals surface area contributed by atoms with E-state index in [1.165, 1.54) is 30.6 Å². The second kappa shape index (κ2) is 9.75. The second-order valence-corrected chi connectivity index (χ2v) is 6.80. The van der Waals surface area contributed by atoms with Gasteiger partial charge in [-0.05, 0) is 23.3 Å². The SMILES string of the molecule is COC(=O)C(C#N)=C(SCc1cccnc1)SCc1cccnc1. The van der Waals surface area contributed by atoms with Gasteiger partial charge in [-0.15, -0.1) is 23.5 Å². The number of hydrogen-bond acceptors (Lipinski definition) is 7. The van der Waals surface area contributed by atoms with Gasteiger partial charge in [-0.2, -0.15) is 5.26 Å². The van der Waals surface area contributed by atoms with Gasteiger partial charge < -0.3 is 4.74 Å². The summed E-state index contributed by atoms with van der Waals surface area (Å²) in [4.78, 5) is 20.0. The van der Waals surface area contributed by atoms with E-state index in [1.807, 2.05) is 30.3 Å². The van der Waals surface area contributed by atoms with E-state index in [9.17, 15) is 10.1 Å². The number of rotatable bonds is 7. The van der Waals surface area contributed by atoms with Crippen molar-refractivity contribution in [3.8, 4) is 6.07 Å². The van der Waals surface area contributed by atoms with Crippen molar-refractivity contribution in [2.45, 2.75) is 11.5 Å². The van der Waals surface area contributed by atoms with E-state index in [1.54, 1.807) is 24.8 Å². The lowest BCUT2D eigenvalue weighted by Crippen LogP contribution is -2.05. The average molecular weight is 357 g/mol. The van der Waals surface area contributed by atoms with Gasteiger partial charge in [0.15, 0.2) is 5.57 Å². The van der Waals surface area contributed by atoms with Crippen molar-refractivity contribution < 1.29 is 9.53 Å². The van der Waals surface area contributed by atoms with Crippen molar-refractivity contribution in [3.05, 3.63) is 70.0 Å². The van der Waals surface area contributed by atoms with Gasteiger partial charge in [-0.1, -0.05) is 12.1 Å². The van der Waals surface area contributed by atoms with Gasteiger partial charge in [0.25, 0.3) is 0 Å². The summed E-state index contributed by atoms with van der Waals surface area (Å²) in [6, 6.07) is 9.57. The number of carbonyl (C=O) groups is 1. The molecule has 0 N–H and O–H groups in total. The van der Waals surface area contributed by atoms with Crippen molar-refractivity contribution in [2.75, 3.05) is 7.11 Å². The summed E-state index contributed by atoms with van der Waals surface area (Å²) in [7, 11) is 1.27. The molecule has 0 atom stereocenters. The number of methoxy groups -OCH3 is 1. The summed E-state index contributed by atoms with van der Waals surface area (Å²) in [5.41, 5.74) is 2.06. The summed E-state index contributed by atoms with van der Waals surface area (Å²) in [5, 5.41) is 9.33. The molecule has 5 nitrogen and oxygen atoms in total. The molecule has 0 saturated heterocycles. The maximum Gasteiger partial charge on any atom is 0.350 e. The van der Waals surface area contributed by atoms with Crippen LogP contribution in [0.1, 0.15) is 11.1 Å². The number of esters is 1.